The first kappa shape index (κ1) is 13.2. The Kier molecular flexibility index (Phi) is 3.23. The van der Waals surface area contributed by atoms with Crippen LogP contribution in [0.25, 0.3) is 11.0 Å². The Bertz CT molecular complexity index is 787. The van der Waals surface area contributed by atoms with E-state index in [-0.39, 0.29) is 0 Å². The van der Waals surface area contributed by atoms with Crippen LogP contribution >= 0.6 is 0 Å². The zero-order chi connectivity index (χ0) is 14.9. The zero-order valence-electron chi connectivity index (χ0n) is 12.3. The van der Waals surface area contributed by atoms with Crippen LogP contribution in [0.4, 0.5) is 11.6 Å². The highest BCUT2D eigenvalue weighted by Gasteiger charge is 2.19. The number of ether oxygens (including phenoxy) is 1. The summed E-state index contributed by atoms with van der Waals surface area (Å²) in [6, 6.07) is 0.340. The minimum atomic E-state index is 0.340. The molecule has 0 bridgehead atoms. The van der Waals surface area contributed by atoms with Gasteiger partial charge in [-0.3, -0.25) is 4.68 Å². The minimum absolute atomic E-state index is 0.340. The van der Waals surface area contributed by atoms with Crippen LogP contribution in [0.5, 0.6) is 0 Å². The van der Waals surface area contributed by atoms with Crippen LogP contribution < -0.4 is 5.32 Å². The summed E-state index contributed by atoms with van der Waals surface area (Å²) in [7, 11) is 1.87. The summed E-state index contributed by atoms with van der Waals surface area (Å²) in [6.45, 7) is 1.55. The molecule has 0 aliphatic carbocycles. The fourth-order valence-electron chi connectivity index (χ4n) is 2.71. The third kappa shape index (κ3) is 2.41. The van der Waals surface area contributed by atoms with Gasteiger partial charge in [-0.25, -0.2) is 9.67 Å². The number of hydrogen-bond donors (Lipinski definition) is 1. The lowest BCUT2D eigenvalue weighted by atomic mass is 10.1. The van der Waals surface area contributed by atoms with E-state index in [9.17, 15) is 0 Å². The molecule has 22 heavy (non-hydrogen) atoms. The van der Waals surface area contributed by atoms with Gasteiger partial charge in [0.05, 0.1) is 29.5 Å². The molecule has 114 valence electrons. The van der Waals surface area contributed by atoms with Gasteiger partial charge in [-0.05, 0) is 12.8 Å². The van der Waals surface area contributed by atoms with Crippen LogP contribution in [0.1, 0.15) is 18.9 Å². The molecule has 1 aliphatic heterocycles. The third-order valence-electron chi connectivity index (χ3n) is 3.83. The SMILES string of the molecule is Cn1cc(Nc2ncc3cnn(C4CCOCC4)c3n2)cn1. The third-order valence-corrected chi connectivity index (χ3v) is 3.83. The molecule has 3 aromatic rings. The minimum Gasteiger partial charge on any atom is -0.381 e. The highest BCUT2D eigenvalue weighted by atomic mass is 16.5. The van der Waals surface area contributed by atoms with E-state index in [0.29, 0.717) is 12.0 Å². The van der Waals surface area contributed by atoms with Crippen molar-refractivity contribution in [2.24, 2.45) is 7.05 Å². The predicted octanol–water partition coefficient (Wildman–Crippen LogP) is 1.65. The van der Waals surface area contributed by atoms with E-state index in [2.05, 4.69) is 25.5 Å². The Morgan fingerprint density at radius 2 is 2.05 bits per heavy atom. The maximum atomic E-state index is 5.42. The number of nitrogens with zero attached hydrogens (tertiary/aromatic N) is 6. The van der Waals surface area contributed by atoms with Gasteiger partial charge in [0, 0.05) is 32.7 Å². The molecule has 1 saturated heterocycles. The summed E-state index contributed by atoms with van der Waals surface area (Å²) in [5.41, 5.74) is 1.72. The van der Waals surface area contributed by atoms with Crippen molar-refractivity contribution in [2.45, 2.75) is 18.9 Å². The number of rotatable bonds is 3. The molecule has 8 heteroatoms. The van der Waals surface area contributed by atoms with E-state index in [1.54, 1.807) is 17.1 Å². The molecule has 0 amide bonds. The van der Waals surface area contributed by atoms with Gasteiger partial charge in [0.2, 0.25) is 5.95 Å². The van der Waals surface area contributed by atoms with Crippen LogP contribution in [0.2, 0.25) is 0 Å². The molecule has 0 aromatic carbocycles. The van der Waals surface area contributed by atoms with E-state index in [1.807, 2.05) is 24.1 Å². The smallest absolute Gasteiger partial charge is 0.229 e. The molecule has 8 nitrogen and oxygen atoms in total. The lowest BCUT2D eigenvalue weighted by Crippen LogP contribution is -2.20. The molecule has 1 N–H and O–H groups in total. The number of aryl methyl sites for hydroxylation is 1. The summed E-state index contributed by atoms with van der Waals surface area (Å²) in [5.74, 6) is 0.550. The van der Waals surface area contributed by atoms with Crippen molar-refractivity contribution < 1.29 is 4.74 Å². The van der Waals surface area contributed by atoms with E-state index >= 15 is 0 Å². The molecule has 0 radical (unpaired) electrons. The largest absolute Gasteiger partial charge is 0.381 e. The average molecular weight is 299 g/mol. The summed E-state index contributed by atoms with van der Waals surface area (Å²) in [4.78, 5) is 8.95. The lowest BCUT2D eigenvalue weighted by molar-refractivity contribution is 0.0673. The van der Waals surface area contributed by atoms with Gasteiger partial charge in [-0.2, -0.15) is 15.2 Å². The number of anilines is 2. The molecule has 1 aliphatic rings. The molecule has 3 aromatic heterocycles. The van der Waals surface area contributed by atoms with Gasteiger partial charge in [0.15, 0.2) is 5.65 Å². The van der Waals surface area contributed by atoms with E-state index in [4.69, 9.17) is 4.74 Å². The van der Waals surface area contributed by atoms with Crippen LogP contribution in [0.15, 0.2) is 24.8 Å². The summed E-state index contributed by atoms with van der Waals surface area (Å²) in [5, 5.41) is 12.7. The Morgan fingerprint density at radius 1 is 1.18 bits per heavy atom. The Hall–Kier alpha value is -2.48. The predicted molar refractivity (Wildman–Crippen MR) is 80.9 cm³/mol. The second-order valence-electron chi connectivity index (χ2n) is 5.43. The van der Waals surface area contributed by atoms with Crippen molar-refractivity contribution >= 4 is 22.7 Å². The fourth-order valence-corrected chi connectivity index (χ4v) is 2.71. The maximum Gasteiger partial charge on any atom is 0.229 e. The Balaban J connectivity index is 1.66. The summed E-state index contributed by atoms with van der Waals surface area (Å²) < 4.78 is 9.14. The number of nitrogens with one attached hydrogen (secondary N) is 1. The standard InChI is InChI=1S/C14H17N7O/c1-20-9-11(8-16-20)18-14-15-6-10-7-17-21(13(10)19-14)12-2-4-22-5-3-12/h6-9,12H,2-5H2,1H3,(H,15,18,19). The van der Waals surface area contributed by atoms with E-state index in [0.717, 1.165) is 42.8 Å². The first-order valence-corrected chi connectivity index (χ1v) is 7.33. The van der Waals surface area contributed by atoms with Crippen molar-refractivity contribution in [1.29, 1.82) is 0 Å². The quantitative estimate of drug-likeness (QED) is 0.792. The molecular weight excluding hydrogens is 282 g/mol. The highest BCUT2D eigenvalue weighted by Crippen LogP contribution is 2.24. The first-order valence-electron chi connectivity index (χ1n) is 7.33. The van der Waals surface area contributed by atoms with Crippen molar-refractivity contribution in [3.63, 3.8) is 0 Å². The summed E-state index contributed by atoms with van der Waals surface area (Å²) in [6.07, 6.45) is 9.16. The van der Waals surface area contributed by atoms with E-state index in [1.165, 1.54) is 0 Å². The maximum absolute atomic E-state index is 5.42. The van der Waals surface area contributed by atoms with Gasteiger partial charge in [-0.15, -0.1) is 0 Å². The molecule has 0 atom stereocenters. The van der Waals surface area contributed by atoms with Gasteiger partial charge >= 0.3 is 0 Å². The molecule has 0 unspecified atom stereocenters. The molecule has 1 fully saturated rings. The van der Waals surface area contributed by atoms with Gasteiger partial charge in [0.25, 0.3) is 0 Å². The Morgan fingerprint density at radius 3 is 2.82 bits per heavy atom. The molecule has 4 rings (SSSR count). The zero-order valence-corrected chi connectivity index (χ0v) is 12.3. The van der Waals surface area contributed by atoms with Gasteiger partial charge in [0.1, 0.15) is 0 Å². The van der Waals surface area contributed by atoms with Crippen molar-refractivity contribution in [2.75, 3.05) is 18.5 Å². The van der Waals surface area contributed by atoms with Crippen LogP contribution in [0.3, 0.4) is 0 Å². The van der Waals surface area contributed by atoms with Crippen molar-refractivity contribution in [1.82, 2.24) is 29.5 Å². The van der Waals surface area contributed by atoms with Gasteiger partial charge < -0.3 is 10.1 Å². The lowest BCUT2D eigenvalue weighted by Gasteiger charge is -2.22. The highest BCUT2D eigenvalue weighted by molar-refractivity contribution is 5.75. The monoisotopic (exact) mass is 299 g/mol. The topological polar surface area (TPSA) is 82.7 Å². The number of aromatic nitrogens is 6. The molecule has 4 heterocycles. The normalized spacial score (nSPS) is 16.2. The molecule has 0 spiro atoms. The second-order valence-corrected chi connectivity index (χ2v) is 5.43. The van der Waals surface area contributed by atoms with Crippen molar-refractivity contribution in [3.05, 3.63) is 24.8 Å². The van der Waals surface area contributed by atoms with Crippen LogP contribution in [-0.2, 0) is 11.8 Å². The van der Waals surface area contributed by atoms with Crippen LogP contribution in [0, 0.1) is 0 Å². The summed E-state index contributed by atoms with van der Waals surface area (Å²) >= 11 is 0. The first-order chi connectivity index (χ1) is 10.8. The van der Waals surface area contributed by atoms with Crippen LogP contribution in [-0.4, -0.2) is 42.7 Å². The second kappa shape index (κ2) is 5.38. The van der Waals surface area contributed by atoms with Gasteiger partial charge in [-0.1, -0.05) is 0 Å². The average Bonchev–Trinajstić information content (AvgIpc) is 3.14. The number of hydrogen-bond acceptors (Lipinski definition) is 6. The van der Waals surface area contributed by atoms with E-state index < -0.39 is 0 Å². The van der Waals surface area contributed by atoms with Crippen molar-refractivity contribution in [3.8, 4) is 0 Å². The molecular formula is C14H17N7O. The molecule has 0 saturated carbocycles. The Labute approximate surface area is 127 Å². The number of fused-ring (bicyclic) bond motifs is 1. The fraction of sp³-hybridized carbons (Fsp3) is 0.429.